The summed E-state index contributed by atoms with van der Waals surface area (Å²) >= 11 is 0.631. The number of para-hydroxylation sites is 1. The second kappa shape index (κ2) is 6.38. The lowest BCUT2D eigenvalue weighted by atomic mass is 10.2. The zero-order valence-corrected chi connectivity index (χ0v) is 11.2. The largest absolute Gasteiger partial charge is 0.369 e. The number of likely N-dealkylation sites (N-methyl/N-ethyl adjacent to an activating group) is 1. The van der Waals surface area contributed by atoms with Crippen molar-refractivity contribution in [2.24, 2.45) is 0 Å². The average Bonchev–Trinajstić information content (AvgIpc) is 2.78. The molecule has 0 saturated carbocycles. The second-order valence-corrected chi connectivity index (χ2v) is 5.37. The highest BCUT2D eigenvalue weighted by Crippen LogP contribution is 2.35. The van der Waals surface area contributed by atoms with Crippen LogP contribution in [0, 0.1) is 0 Å². The summed E-state index contributed by atoms with van der Waals surface area (Å²) in [5.41, 5.74) is 0.934. The third-order valence-corrected chi connectivity index (χ3v) is 3.88. The smallest absolute Gasteiger partial charge is 0.288 e. The van der Waals surface area contributed by atoms with Crippen LogP contribution in [0.4, 0.5) is 14.5 Å². The molecule has 1 aliphatic rings. The number of anilines is 1. The molecule has 0 spiro atoms. The Morgan fingerprint density at radius 1 is 1.44 bits per heavy atom. The average molecular weight is 272 g/mol. The summed E-state index contributed by atoms with van der Waals surface area (Å²) < 4.78 is 25.0. The molecule has 0 radical (unpaired) electrons. The SMILES string of the molecule is CCNC1CCN(c2ccccc2SC(F)F)C1. The van der Waals surface area contributed by atoms with Gasteiger partial charge in [-0.3, -0.25) is 0 Å². The third-order valence-electron chi connectivity index (χ3n) is 3.10. The predicted octanol–water partition coefficient (Wildman–Crippen LogP) is 3.19. The number of rotatable bonds is 5. The predicted molar refractivity (Wildman–Crippen MR) is 72.6 cm³/mol. The number of halogens is 2. The van der Waals surface area contributed by atoms with Crippen LogP contribution in [0.15, 0.2) is 29.2 Å². The fourth-order valence-corrected chi connectivity index (χ4v) is 3.02. The molecule has 18 heavy (non-hydrogen) atoms. The number of nitrogens with zero attached hydrogens (tertiary/aromatic N) is 1. The van der Waals surface area contributed by atoms with E-state index in [0.717, 1.165) is 31.7 Å². The lowest BCUT2D eigenvalue weighted by molar-refractivity contribution is 0.252. The zero-order valence-electron chi connectivity index (χ0n) is 10.4. The molecule has 100 valence electrons. The van der Waals surface area contributed by atoms with E-state index in [0.29, 0.717) is 22.7 Å². The Bertz CT molecular complexity index is 387. The Balaban J connectivity index is 2.09. The first-order valence-corrected chi connectivity index (χ1v) is 7.11. The number of alkyl halides is 2. The Labute approximate surface area is 111 Å². The van der Waals surface area contributed by atoms with Gasteiger partial charge >= 0.3 is 0 Å². The van der Waals surface area contributed by atoms with Gasteiger partial charge in [-0.15, -0.1) is 0 Å². The van der Waals surface area contributed by atoms with Crippen LogP contribution in [0.2, 0.25) is 0 Å². The summed E-state index contributed by atoms with van der Waals surface area (Å²) in [5, 5.41) is 3.41. The molecule has 1 heterocycles. The van der Waals surface area contributed by atoms with Crippen LogP contribution in [0.25, 0.3) is 0 Å². The van der Waals surface area contributed by atoms with Crippen molar-refractivity contribution in [1.29, 1.82) is 0 Å². The highest BCUT2D eigenvalue weighted by atomic mass is 32.2. The molecule has 0 aromatic heterocycles. The minimum atomic E-state index is -2.36. The Morgan fingerprint density at radius 3 is 2.94 bits per heavy atom. The molecule has 2 rings (SSSR count). The lowest BCUT2D eigenvalue weighted by Crippen LogP contribution is -2.32. The van der Waals surface area contributed by atoms with Gasteiger partial charge in [0.15, 0.2) is 0 Å². The first-order chi connectivity index (χ1) is 8.70. The minimum Gasteiger partial charge on any atom is -0.369 e. The third kappa shape index (κ3) is 3.36. The van der Waals surface area contributed by atoms with Gasteiger partial charge < -0.3 is 10.2 Å². The van der Waals surface area contributed by atoms with Crippen LogP contribution in [0.3, 0.4) is 0 Å². The van der Waals surface area contributed by atoms with Gasteiger partial charge in [0.05, 0.1) is 5.69 Å². The van der Waals surface area contributed by atoms with Crippen molar-refractivity contribution in [3.8, 4) is 0 Å². The maximum Gasteiger partial charge on any atom is 0.288 e. The van der Waals surface area contributed by atoms with Gasteiger partial charge in [-0.25, -0.2) is 0 Å². The van der Waals surface area contributed by atoms with E-state index >= 15 is 0 Å². The number of nitrogens with one attached hydrogen (secondary N) is 1. The van der Waals surface area contributed by atoms with Crippen LogP contribution in [-0.2, 0) is 0 Å². The van der Waals surface area contributed by atoms with Crippen molar-refractivity contribution >= 4 is 17.4 Å². The molecule has 1 fully saturated rings. The van der Waals surface area contributed by atoms with Crippen molar-refractivity contribution in [2.45, 2.75) is 30.0 Å². The van der Waals surface area contributed by atoms with E-state index in [1.807, 2.05) is 18.2 Å². The highest BCUT2D eigenvalue weighted by Gasteiger charge is 2.24. The second-order valence-electron chi connectivity index (χ2n) is 4.34. The maximum atomic E-state index is 12.5. The number of hydrogen-bond acceptors (Lipinski definition) is 3. The molecular weight excluding hydrogens is 254 g/mol. The fraction of sp³-hybridized carbons (Fsp3) is 0.538. The molecule has 0 bridgehead atoms. The van der Waals surface area contributed by atoms with E-state index in [1.165, 1.54) is 0 Å². The molecule has 0 aliphatic carbocycles. The van der Waals surface area contributed by atoms with E-state index in [2.05, 4.69) is 17.1 Å². The maximum absolute atomic E-state index is 12.5. The summed E-state index contributed by atoms with van der Waals surface area (Å²) in [7, 11) is 0. The first kappa shape index (κ1) is 13.6. The molecule has 0 amide bonds. The van der Waals surface area contributed by atoms with Gasteiger partial charge in [0.2, 0.25) is 0 Å². The van der Waals surface area contributed by atoms with E-state index in [4.69, 9.17) is 0 Å². The Kier molecular flexibility index (Phi) is 4.83. The summed E-state index contributed by atoms with van der Waals surface area (Å²) in [4.78, 5) is 2.86. The normalized spacial score (nSPS) is 19.8. The molecule has 1 aromatic carbocycles. The molecule has 2 nitrogen and oxygen atoms in total. The molecule has 1 N–H and O–H groups in total. The van der Waals surface area contributed by atoms with Crippen molar-refractivity contribution < 1.29 is 8.78 Å². The van der Waals surface area contributed by atoms with Crippen LogP contribution in [0.1, 0.15) is 13.3 Å². The van der Waals surface area contributed by atoms with E-state index in [9.17, 15) is 8.78 Å². The van der Waals surface area contributed by atoms with Gasteiger partial charge in [0.1, 0.15) is 0 Å². The van der Waals surface area contributed by atoms with Gasteiger partial charge in [-0.05, 0) is 25.1 Å². The van der Waals surface area contributed by atoms with Crippen molar-refractivity contribution in [3.05, 3.63) is 24.3 Å². The molecule has 1 atom stereocenters. The molecule has 1 aliphatic heterocycles. The van der Waals surface area contributed by atoms with Gasteiger partial charge in [0, 0.05) is 24.0 Å². The zero-order chi connectivity index (χ0) is 13.0. The van der Waals surface area contributed by atoms with Gasteiger partial charge in [0.25, 0.3) is 5.76 Å². The monoisotopic (exact) mass is 272 g/mol. The van der Waals surface area contributed by atoms with Crippen molar-refractivity contribution in [2.75, 3.05) is 24.5 Å². The number of benzene rings is 1. The van der Waals surface area contributed by atoms with Crippen molar-refractivity contribution in [1.82, 2.24) is 5.32 Å². The van der Waals surface area contributed by atoms with Crippen LogP contribution in [-0.4, -0.2) is 31.4 Å². The minimum absolute atomic E-state index is 0.472. The molecule has 1 saturated heterocycles. The molecule has 1 aromatic rings. The number of thioether (sulfide) groups is 1. The Hall–Kier alpha value is -0.810. The molecule has 1 unspecified atom stereocenters. The summed E-state index contributed by atoms with van der Waals surface area (Å²) in [5.74, 6) is -2.36. The topological polar surface area (TPSA) is 15.3 Å². The van der Waals surface area contributed by atoms with E-state index < -0.39 is 5.76 Å². The summed E-state index contributed by atoms with van der Waals surface area (Å²) in [6, 6.07) is 7.89. The standard InChI is InChI=1S/C13H18F2N2S/c1-2-16-10-7-8-17(9-10)11-5-3-4-6-12(11)18-13(14)15/h3-6,10,13,16H,2,7-9H2,1H3. The quantitative estimate of drug-likeness (QED) is 0.829. The lowest BCUT2D eigenvalue weighted by Gasteiger charge is -2.21. The van der Waals surface area contributed by atoms with Gasteiger partial charge in [-0.1, -0.05) is 30.8 Å². The van der Waals surface area contributed by atoms with Crippen molar-refractivity contribution in [3.63, 3.8) is 0 Å². The summed E-state index contributed by atoms with van der Waals surface area (Å²) in [6.45, 7) is 4.86. The molecule has 5 heteroatoms. The first-order valence-electron chi connectivity index (χ1n) is 6.23. The van der Waals surface area contributed by atoms with E-state index in [1.54, 1.807) is 6.07 Å². The molecular formula is C13H18F2N2S. The van der Waals surface area contributed by atoms with E-state index in [-0.39, 0.29) is 0 Å². The number of hydrogen-bond donors (Lipinski definition) is 1. The van der Waals surface area contributed by atoms with Crippen LogP contribution in [0.5, 0.6) is 0 Å². The Morgan fingerprint density at radius 2 is 2.22 bits per heavy atom. The summed E-state index contributed by atoms with van der Waals surface area (Å²) in [6.07, 6.45) is 1.07. The highest BCUT2D eigenvalue weighted by molar-refractivity contribution is 7.99. The van der Waals surface area contributed by atoms with Crippen LogP contribution < -0.4 is 10.2 Å². The fourth-order valence-electron chi connectivity index (χ4n) is 2.35. The van der Waals surface area contributed by atoms with Gasteiger partial charge in [-0.2, -0.15) is 8.78 Å². The van der Waals surface area contributed by atoms with Crippen LogP contribution >= 0.6 is 11.8 Å².